The Morgan fingerprint density at radius 2 is 0.640 bits per heavy atom. The highest BCUT2D eigenvalue weighted by Crippen LogP contribution is 2.24. The highest BCUT2D eigenvalue weighted by Gasteiger charge is 2.28. The predicted octanol–water partition coefficient (Wildman–Crippen LogP) is 4.61. The number of ether oxygens (including phenoxy) is 6. The molecule has 0 saturated heterocycles. The van der Waals surface area contributed by atoms with E-state index in [0.29, 0.717) is 46.0 Å². The molecule has 3 unspecified atom stereocenters. The van der Waals surface area contributed by atoms with Gasteiger partial charge in [-0.15, -0.1) is 0 Å². The molecule has 3 N–H and O–H groups in total. The smallest absolute Gasteiger partial charge is 0.338 e. The molecule has 0 amide bonds. The van der Waals surface area contributed by atoms with Gasteiger partial charge >= 0.3 is 52.9 Å². The fourth-order valence-electron chi connectivity index (χ4n) is 7.61. The molecule has 75 heavy (non-hydrogen) atoms. The highest BCUT2D eigenvalue weighted by atomic mass is 16.6. The van der Waals surface area contributed by atoms with Crippen molar-refractivity contribution in [1.82, 2.24) is 13.7 Å². The van der Waals surface area contributed by atoms with Gasteiger partial charge in [-0.2, -0.15) is 0 Å². The van der Waals surface area contributed by atoms with E-state index in [2.05, 4.69) is 19.7 Å². The van der Waals surface area contributed by atoms with E-state index in [4.69, 9.17) is 28.4 Å². The van der Waals surface area contributed by atoms with Crippen molar-refractivity contribution in [2.45, 2.75) is 37.9 Å². The number of hydrogen-bond acceptors (Lipinski definition) is 18. The topological polar surface area (TPSA) is 284 Å². The summed E-state index contributed by atoms with van der Waals surface area (Å²) in [5.74, 6) is -6.12. The van der Waals surface area contributed by atoms with Crippen LogP contribution in [0.4, 0.5) is 0 Å². The first-order valence-corrected chi connectivity index (χ1v) is 22.6. The predicted molar refractivity (Wildman–Crippen MR) is 267 cm³/mol. The summed E-state index contributed by atoms with van der Waals surface area (Å²) in [6.07, 6.45) is -2.74. The summed E-state index contributed by atoms with van der Waals surface area (Å²) >= 11 is 0. The Morgan fingerprint density at radius 1 is 0.400 bits per heavy atom. The van der Waals surface area contributed by atoms with Crippen LogP contribution in [-0.4, -0.2) is 103 Å². The third-order valence-corrected chi connectivity index (χ3v) is 11.3. The average Bonchev–Trinajstić information content (AvgIpc) is 3.40. The normalized spacial score (nSPS) is 12.2. The van der Waals surface area contributed by atoms with Crippen LogP contribution in [0.15, 0.2) is 162 Å². The fraction of sp³-hybridized carbons (Fsp3) is 0.167. The van der Waals surface area contributed by atoms with E-state index in [1.807, 2.05) is 0 Å². The molecule has 0 aliphatic heterocycles. The van der Waals surface area contributed by atoms with Crippen molar-refractivity contribution in [2.24, 2.45) is 0 Å². The molecule has 21 heteroatoms. The number of carbonyl (C=O) groups is 6. The molecule has 0 fully saturated rings. The van der Waals surface area contributed by atoms with Crippen LogP contribution in [0.3, 0.4) is 0 Å². The first-order chi connectivity index (χ1) is 35.9. The molecule has 0 bridgehead atoms. The van der Waals surface area contributed by atoms with Gasteiger partial charge in [0.1, 0.15) is 37.1 Å². The molecule has 7 aromatic rings. The first-order valence-electron chi connectivity index (χ1n) is 22.6. The third kappa shape index (κ3) is 13.1. The number of benzene rings is 6. The van der Waals surface area contributed by atoms with Crippen molar-refractivity contribution < 1.29 is 72.5 Å². The van der Waals surface area contributed by atoms with E-state index in [1.54, 1.807) is 36.4 Å². The number of aromatic nitrogens is 3. The number of rotatable bonds is 21. The lowest BCUT2D eigenvalue weighted by Gasteiger charge is -2.23. The molecule has 0 spiro atoms. The molecular weight excluding hydrogens is 979 g/mol. The molecule has 21 nitrogen and oxygen atoms in total. The van der Waals surface area contributed by atoms with Gasteiger partial charge in [-0.05, 0) is 105 Å². The van der Waals surface area contributed by atoms with Gasteiger partial charge in [-0.25, -0.2) is 56.9 Å². The standard InChI is InChI=1S/C54H45N3O18/c1-4-46(61)73-43(28-70-49(64)37-10-7-34-22-40(58)16-13-31(34)19-37)25-55-52(67)56(26-44(74-47(62)5-2)29-71-50(65)38-11-8-35-23-41(59)17-14-32(35)20-38)54(69)57(53(55)68)27-45(75-48(63)6-3)30-72-51(66)39-12-9-36-24-42(60)18-15-33(36)21-39/h4-24,43-45,58-60H,1-3,25-30H2. The van der Waals surface area contributed by atoms with E-state index < -0.39 is 111 Å². The number of phenolic OH excluding ortho intramolecular Hbond substituents is 3. The Bertz CT molecular complexity index is 3220. The molecule has 0 saturated carbocycles. The Hall–Kier alpha value is -10.1. The highest BCUT2D eigenvalue weighted by molar-refractivity contribution is 5.97. The van der Waals surface area contributed by atoms with Crippen LogP contribution in [-0.2, 0) is 62.4 Å². The van der Waals surface area contributed by atoms with Gasteiger partial charge in [0.25, 0.3) is 0 Å². The molecule has 384 valence electrons. The Morgan fingerprint density at radius 3 is 0.893 bits per heavy atom. The van der Waals surface area contributed by atoms with E-state index in [0.717, 1.165) is 18.2 Å². The molecule has 1 heterocycles. The minimum atomic E-state index is -1.66. The minimum absolute atomic E-state index is 0.0138. The number of phenols is 3. The monoisotopic (exact) mass is 1020 g/mol. The lowest BCUT2D eigenvalue weighted by Crippen LogP contribution is -2.58. The third-order valence-electron chi connectivity index (χ3n) is 11.3. The summed E-state index contributed by atoms with van der Waals surface area (Å²) in [7, 11) is 0. The van der Waals surface area contributed by atoms with E-state index >= 15 is 0 Å². The van der Waals surface area contributed by atoms with Gasteiger partial charge in [-0.3, -0.25) is 0 Å². The first kappa shape index (κ1) is 52.8. The molecule has 1 aromatic heterocycles. The van der Waals surface area contributed by atoms with Crippen molar-refractivity contribution in [2.75, 3.05) is 19.8 Å². The zero-order valence-corrected chi connectivity index (χ0v) is 39.5. The number of hydrogen-bond donors (Lipinski definition) is 3. The average molecular weight is 1020 g/mol. The summed E-state index contributed by atoms with van der Waals surface area (Å²) in [6.45, 7) is 4.91. The van der Waals surface area contributed by atoms with Crippen molar-refractivity contribution in [3.8, 4) is 17.2 Å². The lowest BCUT2D eigenvalue weighted by molar-refractivity contribution is -0.146. The second-order valence-corrected chi connectivity index (χ2v) is 16.5. The summed E-state index contributed by atoms with van der Waals surface area (Å²) in [5.41, 5.74) is -4.16. The molecule has 7 rings (SSSR count). The molecule has 6 aromatic carbocycles. The maximum Gasteiger partial charge on any atom is 0.338 e. The Balaban J connectivity index is 1.24. The fourth-order valence-corrected chi connectivity index (χ4v) is 7.61. The van der Waals surface area contributed by atoms with Crippen LogP contribution in [0.5, 0.6) is 17.2 Å². The number of carbonyl (C=O) groups excluding carboxylic acids is 6. The lowest BCUT2D eigenvalue weighted by atomic mass is 10.1. The molecular formula is C54H45N3O18. The van der Waals surface area contributed by atoms with Gasteiger partial charge in [-0.1, -0.05) is 56.1 Å². The van der Waals surface area contributed by atoms with Crippen LogP contribution in [0, 0.1) is 0 Å². The molecule has 0 aliphatic rings. The van der Waals surface area contributed by atoms with E-state index in [-0.39, 0.29) is 33.9 Å². The minimum Gasteiger partial charge on any atom is -0.508 e. The number of nitrogens with zero attached hydrogens (tertiary/aromatic N) is 3. The quantitative estimate of drug-likeness (QED) is 0.0503. The van der Waals surface area contributed by atoms with Crippen molar-refractivity contribution in [3.63, 3.8) is 0 Å². The number of fused-ring (bicyclic) bond motifs is 3. The summed E-state index contributed by atoms with van der Waals surface area (Å²) in [6, 6.07) is 26.5. The largest absolute Gasteiger partial charge is 0.508 e. The maximum atomic E-state index is 14.5. The second-order valence-electron chi connectivity index (χ2n) is 16.5. The van der Waals surface area contributed by atoms with Crippen LogP contribution >= 0.6 is 0 Å². The zero-order valence-electron chi connectivity index (χ0n) is 39.5. The van der Waals surface area contributed by atoms with E-state index in [9.17, 15) is 58.5 Å². The summed E-state index contributed by atoms with van der Waals surface area (Å²) in [5, 5.41) is 33.0. The molecule has 0 aliphatic carbocycles. The van der Waals surface area contributed by atoms with Gasteiger partial charge in [0.05, 0.1) is 36.3 Å². The van der Waals surface area contributed by atoms with E-state index in [1.165, 1.54) is 72.8 Å². The molecule has 3 atom stereocenters. The van der Waals surface area contributed by atoms with Gasteiger partial charge < -0.3 is 43.7 Å². The summed E-state index contributed by atoms with van der Waals surface area (Å²) in [4.78, 5) is 122. The zero-order chi connectivity index (χ0) is 53.9. The van der Waals surface area contributed by atoms with Crippen LogP contribution in [0.2, 0.25) is 0 Å². The van der Waals surface area contributed by atoms with Gasteiger partial charge in [0.2, 0.25) is 0 Å². The Kier molecular flexibility index (Phi) is 16.5. The van der Waals surface area contributed by atoms with Crippen LogP contribution < -0.4 is 17.1 Å². The molecule has 0 radical (unpaired) electrons. The number of esters is 6. The van der Waals surface area contributed by atoms with Crippen LogP contribution in [0.25, 0.3) is 32.3 Å². The van der Waals surface area contributed by atoms with Crippen LogP contribution in [0.1, 0.15) is 31.1 Å². The maximum absolute atomic E-state index is 14.5. The van der Waals surface area contributed by atoms with Crippen molar-refractivity contribution in [1.29, 1.82) is 0 Å². The second kappa shape index (κ2) is 23.5. The summed E-state index contributed by atoms with van der Waals surface area (Å²) < 4.78 is 33.9. The van der Waals surface area contributed by atoms with Crippen molar-refractivity contribution in [3.05, 3.63) is 195 Å². The van der Waals surface area contributed by atoms with Crippen molar-refractivity contribution >= 4 is 68.1 Å². The number of aromatic hydroxyl groups is 3. The Labute approximate surface area is 423 Å². The van der Waals surface area contributed by atoms with Gasteiger partial charge in [0.15, 0.2) is 18.3 Å². The SMILES string of the molecule is C=CC(=O)OC(COC(=O)c1ccc2cc(O)ccc2c1)Cn1c(=O)n(CC(COC(=O)c2ccc3cc(O)ccc3c2)OC(=O)C=C)c(=O)n(CC(COC(=O)c2ccc3cc(O)ccc3c2)OC(=O)C=C)c1=O. The van der Waals surface area contributed by atoms with Gasteiger partial charge in [0, 0.05) is 18.2 Å².